The zero-order valence-electron chi connectivity index (χ0n) is 19.5. The lowest BCUT2D eigenvalue weighted by Gasteiger charge is -2.35. The quantitative estimate of drug-likeness (QED) is 0.294. The number of nitrogens with zero attached hydrogens (tertiary/aromatic N) is 1. The van der Waals surface area contributed by atoms with Crippen LogP contribution in [0.2, 0.25) is 0 Å². The minimum atomic E-state index is -0.0509. The molecule has 1 aromatic rings. The van der Waals surface area contributed by atoms with Crippen molar-refractivity contribution in [2.75, 3.05) is 32.8 Å². The molecule has 0 radical (unpaired) electrons. The summed E-state index contributed by atoms with van der Waals surface area (Å²) in [6, 6.07) is 8.28. The molecule has 0 heterocycles. The maximum Gasteiger partial charge on any atom is 0.258 e. The number of hydrogen-bond donors (Lipinski definition) is 4. The van der Waals surface area contributed by atoms with Gasteiger partial charge in [0, 0.05) is 32.3 Å². The second kappa shape index (κ2) is 12.7. The Labute approximate surface area is 192 Å². The number of benzene rings is 1. The van der Waals surface area contributed by atoms with Crippen LogP contribution in [0.25, 0.3) is 0 Å². The number of aliphatic hydroxyl groups is 1. The number of guanidine groups is 1. The number of aliphatic hydroxyl groups excluding tert-OH is 1. The van der Waals surface area contributed by atoms with Crippen molar-refractivity contribution < 1.29 is 14.6 Å². The van der Waals surface area contributed by atoms with E-state index in [1.165, 1.54) is 24.8 Å². The minimum absolute atomic E-state index is 0.0509. The second-order valence-electron chi connectivity index (χ2n) is 9.18. The molecule has 178 valence electrons. The normalized spacial score (nSPS) is 18.1. The van der Waals surface area contributed by atoms with E-state index in [4.69, 9.17) is 9.73 Å². The summed E-state index contributed by atoms with van der Waals surface area (Å²) in [5.74, 6) is 1.51. The molecule has 0 aromatic heterocycles. The van der Waals surface area contributed by atoms with Crippen LogP contribution >= 0.6 is 0 Å². The van der Waals surface area contributed by atoms with Crippen molar-refractivity contribution >= 4 is 11.9 Å². The average Bonchev–Trinajstić information content (AvgIpc) is 3.62. The minimum Gasteiger partial charge on any atom is -0.484 e. The fourth-order valence-corrected chi connectivity index (χ4v) is 4.34. The monoisotopic (exact) mass is 444 g/mol. The summed E-state index contributed by atoms with van der Waals surface area (Å²) in [5.41, 5.74) is 1.35. The van der Waals surface area contributed by atoms with Crippen LogP contribution in [0.3, 0.4) is 0 Å². The van der Waals surface area contributed by atoms with Crippen LogP contribution in [-0.4, -0.2) is 55.9 Å². The van der Waals surface area contributed by atoms with Gasteiger partial charge in [-0.25, -0.2) is 0 Å². The molecule has 0 aliphatic heterocycles. The zero-order valence-corrected chi connectivity index (χ0v) is 19.5. The van der Waals surface area contributed by atoms with Crippen molar-refractivity contribution in [3.05, 3.63) is 29.8 Å². The van der Waals surface area contributed by atoms with Crippen LogP contribution in [0.15, 0.2) is 29.3 Å². The first-order chi connectivity index (χ1) is 15.6. The first-order valence-corrected chi connectivity index (χ1v) is 12.3. The maximum absolute atomic E-state index is 11.7. The van der Waals surface area contributed by atoms with Crippen molar-refractivity contribution in [3.8, 4) is 5.75 Å². The van der Waals surface area contributed by atoms with Gasteiger partial charge < -0.3 is 25.8 Å². The molecule has 7 heteroatoms. The summed E-state index contributed by atoms with van der Waals surface area (Å²) < 4.78 is 5.57. The summed E-state index contributed by atoms with van der Waals surface area (Å²) in [5, 5.41) is 19.2. The Kier molecular flexibility index (Phi) is 9.65. The molecule has 0 saturated heterocycles. The van der Waals surface area contributed by atoms with E-state index in [0.717, 1.165) is 64.1 Å². The predicted molar refractivity (Wildman–Crippen MR) is 128 cm³/mol. The molecule has 2 aliphatic carbocycles. The summed E-state index contributed by atoms with van der Waals surface area (Å²) in [6.07, 6.45) is 9.97. The molecule has 1 amide bonds. The van der Waals surface area contributed by atoms with E-state index < -0.39 is 0 Å². The highest BCUT2D eigenvalue weighted by Crippen LogP contribution is 2.39. The summed E-state index contributed by atoms with van der Waals surface area (Å²) in [6.45, 7) is 4.75. The van der Waals surface area contributed by atoms with Gasteiger partial charge in [0.15, 0.2) is 12.6 Å². The van der Waals surface area contributed by atoms with Gasteiger partial charge in [0.25, 0.3) is 5.91 Å². The highest BCUT2D eigenvalue weighted by atomic mass is 16.5. The van der Waals surface area contributed by atoms with Gasteiger partial charge in [-0.1, -0.05) is 31.4 Å². The van der Waals surface area contributed by atoms with Crippen molar-refractivity contribution in [1.29, 1.82) is 0 Å². The average molecular weight is 445 g/mol. The third-order valence-corrected chi connectivity index (χ3v) is 6.42. The van der Waals surface area contributed by atoms with Crippen LogP contribution in [-0.2, 0) is 11.2 Å². The molecule has 2 aliphatic rings. The Morgan fingerprint density at radius 1 is 1.16 bits per heavy atom. The molecule has 1 aromatic carbocycles. The second-order valence-corrected chi connectivity index (χ2v) is 9.18. The van der Waals surface area contributed by atoms with Gasteiger partial charge in [0.2, 0.25) is 0 Å². The number of aliphatic imine (C=N–C) groups is 1. The number of amides is 1. The molecule has 0 spiro atoms. The third-order valence-electron chi connectivity index (χ3n) is 6.42. The lowest BCUT2D eigenvalue weighted by molar-refractivity contribution is -0.123. The van der Waals surface area contributed by atoms with Crippen LogP contribution in [0.1, 0.15) is 63.9 Å². The Balaban J connectivity index is 1.42. The molecule has 0 atom stereocenters. The fourth-order valence-electron chi connectivity index (χ4n) is 4.34. The molecule has 32 heavy (non-hydrogen) atoms. The molecule has 2 saturated carbocycles. The smallest absolute Gasteiger partial charge is 0.258 e. The number of hydrogen-bond acceptors (Lipinski definition) is 4. The van der Waals surface area contributed by atoms with E-state index in [-0.39, 0.29) is 24.5 Å². The third kappa shape index (κ3) is 8.34. The highest BCUT2D eigenvalue weighted by molar-refractivity contribution is 5.79. The molecule has 0 bridgehead atoms. The number of rotatable bonds is 12. The summed E-state index contributed by atoms with van der Waals surface area (Å²) >= 11 is 0. The van der Waals surface area contributed by atoms with Crippen molar-refractivity contribution in [2.45, 2.75) is 70.8 Å². The number of ether oxygens (including phenoxy) is 1. The number of carbonyl (C=O) groups excluding carboxylic acids is 1. The standard InChI is InChI=1S/C25H40N4O3/c1-2-26-24(28-19-25(15-17-30)13-4-3-5-14-25)27-16-12-20-6-10-22(11-7-20)32-18-23(31)29-21-8-9-21/h6-7,10-11,21,30H,2-5,8-9,12-19H2,1H3,(H,29,31)(H2,26,27,28). The largest absolute Gasteiger partial charge is 0.484 e. The molecule has 0 unspecified atom stereocenters. The molecule has 2 fully saturated rings. The van der Waals surface area contributed by atoms with Gasteiger partial charge in [-0.3, -0.25) is 9.79 Å². The van der Waals surface area contributed by atoms with Crippen LogP contribution in [0.4, 0.5) is 0 Å². The van der Waals surface area contributed by atoms with Crippen LogP contribution in [0, 0.1) is 5.41 Å². The fraction of sp³-hybridized carbons (Fsp3) is 0.680. The van der Waals surface area contributed by atoms with Gasteiger partial charge >= 0.3 is 0 Å². The Morgan fingerprint density at radius 3 is 2.56 bits per heavy atom. The molecular formula is C25H40N4O3. The SMILES string of the molecule is CCNC(=NCC1(CCO)CCCCC1)NCCc1ccc(OCC(=O)NC2CC2)cc1. The van der Waals surface area contributed by atoms with E-state index >= 15 is 0 Å². The Hall–Kier alpha value is -2.28. The van der Waals surface area contributed by atoms with Gasteiger partial charge in [-0.2, -0.15) is 0 Å². The van der Waals surface area contributed by atoms with Gasteiger partial charge in [-0.05, 0) is 68.6 Å². The van der Waals surface area contributed by atoms with E-state index in [0.29, 0.717) is 11.8 Å². The number of carbonyl (C=O) groups is 1. The molecule has 3 rings (SSSR count). The van der Waals surface area contributed by atoms with Gasteiger partial charge in [-0.15, -0.1) is 0 Å². The maximum atomic E-state index is 11.7. The van der Waals surface area contributed by atoms with E-state index in [9.17, 15) is 9.90 Å². The summed E-state index contributed by atoms with van der Waals surface area (Å²) in [4.78, 5) is 16.6. The van der Waals surface area contributed by atoms with Crippen molar-refractivity contribution in [2.24, 2.45) is 10.4 Å². The van der Waals surface area contributed by atoms with Crippen molar-refractivity contribution in [1.82, 2.24) is 16.0 Å². The first kappa shape index (κ1) is 24.4. The highest BCUT2D eigenvalue weighted by Gasteiger charge is 2.31. The van der Waals surface area contributed by atoms with E-state index in [1.54, 1.807) is 0 Å². The first-order valence-electron chi connectivity index (χ1n) is 12.3. The van der Waals surface area contributed by atoms with Gasteiger partial charge in [0.1, 0.15) is 5.75 Å². The summed E-state index contributed by atoms with van der Waals surface area (Å²) in [7, 11) is 0. The van der Waals surface area contributed by atoms with Crippen molar-refractivity contribution in [3.63, 3.8) is 0 Å². The topological polar surface area (TPSA) is 95.0 Å². The molecule has 4 N–H and O–H groups in total. The van der Waals surface area contributed by atoms with E-state index in [1.807, 2.05) is 24.3 Å². The lowest BCUT2D eigenvalue weighted by atomic mass is 9.72. The molecule has 7 nitrogen and oxygen atoms in total. The zero-order chi connectivity index (χ0) is 22.7. The molecular weight excluding hydrogens is 404 g/mol. The van der Waals surface area contributed by atoms with Crippen LogP contribution < -0.4 is 20.7 Å². The lowest BCUT2D eigenvalue weighted by Crippen LogP contribution is -2.40. The van der Waals surface area contributed by atoms with Gasteiger partial charge in [0.05, 0.1) is 0 Å². The number of nitrogens with one attached hydrogen (secondary N) is 3. The Morgan fingerprint density at radius 2 is 1.91 bits per heavy atom. The Bertz CT molecular complexity index is 720. The van der Waals surface area contributed by atoms with Crippen LogP contribution in [0.5, 0.6) is 5.75 Å². The van der Waals surface area contributed by atoms with E-state index in [2.05, 4.69) is 22.9 Å². The predicted octanol–water partition coefficient (Wildman–Crippen LogP) is 2.77.